The Bertz CT molecular complexity index is 445. The van der Waals surface area contributed by atoms with Crippen LogP contribution < -0.4 is 5.32 Å². The maximum atomic E-state index is 6.39. The molecule has 1 aromatic carbocycles. The molecule has 0 saturated carbocycles. The molecule has 0 aromatic heterocycles. The van der Waals surface area contributed by atoms with E-state index in [2.05, 4.69) is 56.1 Å². The summed E-state index contributed by atoms with van der Waals surface area (Å²) in [6.07, 6.45) is 1.20. The fraction of sp³-hybridized carbons (Fsp3) is 0.647. The number of nitrogens with one attached hydrogen (secondary N) is 1. The molecule has 0 bridgehead atoms. The molecule has 0 spiro atoms. The summed E-state index contributed by atoms with van der Waals surface area (Å²) >= 11 is 6.39. The predicted octanol–water partition coefficient (Wildman–Crippen LogP) is 3.86. The Balaban J connectivity index is 2.12. The zero-order chi connectivity index (χ0) is 14.7. The minimum atomic E-state index is 0.573. The second-order valence-electron chi connectivity index (χ2n) is 6.47. The largest absolute Gasteiger partial charge is 0.312 e. The van der Waals surface area contributed by atoms with Crippen LogP contribution in [0.5, 0.6) is 0 Å². The van der Waals surface area contributed by atoms with Crippen molar-refractivity contribution in [3.8, 4) is 0 Å². The van der Waals surface area contributed by atoms with Gasteiger partial charge in [-0.3, -0.25) is 4.90 Å². The molecule has 20 heavy (non-hydrogen) atoms. The SMILES string of the molecule is Cc1ccc(CN2CC(C(C)C)NCCC2C)c(Cl)c1. The lowest BCUT2D eigenvalue weighted by atomic mass is 10.0. The van der Waals surface area contributed by atoms with Crippen molar-refractivity contribution in [3.05, 3.63) is 34.3 Å². The lowest BCUT2D eigenvalue weighted by molar-refractivity contribution is 0.184. The average molecular weight is 295 g/mol. The highest BCUT2D eigenvalue weighted by molar-refractivity contribution is 6.31. The molecule has 1 saturated heterocycles. The van der Waals surface area contributed by atoms with Crippen LogP contribution >= 0.6 is 11.6 Å². The van der Waals surface area contributed by atoms with Gasteiger partial charge in [0, 0.05) is 30.2 Å². The molecule has 1 aliphatic rings. The van der Waals surface area contributed by atoms with Crippen molar-refractivity contribution in [2.45, 2.75) is 52.7 Å². The van der Waals surface area contributed by atoms with Gasteiger partial charge in [0.1, 0.15) is 0 Å². The van der Waals surface area contributed by atoms with E-state index >= 15 is 0 Å². The molecule has 0 aliphatic carbocycles. The maximum absolute atomic E-state index is 6.39. The van der Waals surface area contributed by atoms with Gasteiger partial charge in [0.05, 0.1) is 0 Å². The van der Waals surface area contributed by atoms with E-state index in [1.807, 2.05) is 0 Å². The Morgan fingerprint density at radius 3 is 2.80 bits per heavy atom. The van der Waals surface area contributed by atoms with E-state index in [9.17, 15) is 0 Å². The van der Waals surface area contributed by atoms with Crippen molar-refractivity contribution in [1.82, 2.24) is 10.2 Å². The number of hydrogen-bond acceptors (Lipinski definition) is 2. The Morgan fingerprint density at radius 2 is 2.15 bits per heavy atom. The van der Waals surface area contributed by atoms with Crippen molar-refractivity contribution in [2.75, 3.05) is 13.1 Å². The molecule has 1 N–H and O–H groups in total. The van der Waals surface area contributed by atoms with E-state index in [0.717, 1.165) is 24.7 Å². The maximum Gasteiger partial charge on any atom is 0.0453 e. The second kappa shape index (κ2) is 6.93. The van der Waals surface area contributed by atoms with Crippen LogP contribution in [-0.2, 0) is 6.54 Å². The highest BCUT2D eigenvalue weighted by Gasteiger charge is 2.25. The quantitative estimate of drug-likeness (QED) is 0.911. The molecule has 2 rings (SSSR count). The van der Waals surface area contributed by atoms with E-state index in [1.165, 1.54) is 17.5 Å². The minimum Gasteiger partial charge on any atom is -0.312 e. The number of benzene rings is 1. The molecule has 0 radical (unpaired) electrons. The molecule has 1 fully saturated rings. The van der Waals surface area contributed by atoms with Crippen molar-refractivity contribution in [2.24, 2.45) is 5.92 Å². The van der Waals surface area contributed by atoms with Gasteiger partial charge >= 0.3 is 0 Å². The van der Waals surface area contributed by atoms with Crippen molar-refractivity contribution < 1.29 is 0 Å². The molecule has 2 unspecified atom stereocenters. The zero-order valence-corrected chi connectivity index (χ0v) is 13.9. The fourth-order valence-corrected chi connectivity index (χ4v) is 3.12. The van der Waals surface area contributed by atoms with Crippen LogP contribution in [0.15, 0.2) is 18.2 Å². The van der Waals surface area contributed by atoms with Gasteiger partial charge in [-0.1, -0.05) is 37.6 Å². The van der Waals surface area contributed by atoms with Crippen molar-refractivity contribution >= 4 is 11.6 Å². The lowest BCUT2D eigenvalue weighted by Gasteiger charge is -2.30. The van der Waals surface area contributed by atoms with Gasteiger partial charge in [-0.25, -0.2) is 0 Å². The summed E-state index contributed by atoms with van der Waals surface area (Å²) in [6, 6.07) is 7.57. The molecule has 2 atom stereocenters. The fourth-order valence-electron chi connectivity index (χ4n) is 2.82. The van der Waals surface area contributed by atoms with E-state index in [4.69, 9.17) is 11.6 Å². The molecule has 0 amide bonds. The minimum absolute atomic E-state index is 0.573. The number of rotatable bonds is 3. The topological polar surface area (TPSA) is 15.3 Å². The summed E-state index contributed by atoms with van der Waals surface area (Å²) in [6.45, 7) is 12.2. The van der Waals surface area contributed by atoms with Crippen LogP contribution in [0.2, 0.25) is 5.02 Å². The third kappa shape index (κ3) is 3.97. The Kier molecular flexibility index (Phi) is 5.48. The smallest absolute Gasteiger partial charge is 0.0453 e. The normalized spacial score (nSPS) is 24.9. The summed E-state index contributed by atoms with van der Waals surface area (Å²) < 4.78 is 0. The first kappa shape index (κ1) is 15.8. The first-order valence-electron chi connectivity index (χ1n) is 7.70. The first-order chi connectivity index (χ1) is 9.47. The predicted molar refractivity (Wildman–Crippen MR) is 87.3 cm³/mol. The van der Waals surface area contributed by atoms with Gasteiger partial charge in [-0.2, -0.15) is 0 Å². The van der Waals surface area contributed by atoms with Crippen LogP contribution in [-0.4, -0.2) is 30.1 Å². The van der Waals surface area contributed by atoms with E-state index in [1.54, 1.807) is 0 Å². The Morgan fingerprint density at radius 1 is 1.40 bits per heavy atom. The molecule has 1 heterocycles. The summed E-state index contributed by atoms with van der Waals surface area (Å²) in [4.78, 5) is 2.57. The lowest BCUT2D eigenvalue weighted by Crippen LogP contribution is -2.42. The van der Waals surface area contributed by atoms with Gasteiger partial charge in [0.25, 0.3) is 0 Å². The zero-order valence-electron chi connectivity index (χ0n) is 13.1. The summed E-state index contributed by atoms with van der Waals surface area (Å²) in [5.41, 5.74) is 2.47. The van der Waals surface area contributed by atoms with Gasteiger partial charge in [0.2, 0.25) is 0 Å². The van der Waals surface area contributed by atoms with E-state index < -0.39 is 0 Å². The Labute approximate surface area is 128 Å². The summed E-state index contributed by atoms with van der Waals surface area (Å²) in [5.74, 6) is 0.663. The van der Waals surface area contributed by atoms with Gasteiger partial charge in [0.15, 0.2) is 0 Å². The standard InChI is InChI=1S/C17H27ClN2/c1-12(2)17-11-20(14(4)7-8-19-17)10-15-6-5-13(3)9-16(15)18/h5-6,9,12,14,17,19H,7-8,10-11H2,1-4H3. The van der Waals surface area contributed by atoms with E-state index in [-0.39, 0.29) is 0 Å². The van der Waals surface area contributed by atoms with Gasteiger partial charge in [-0.05, 0) is 49.9 Å². The monoisotopic (exact) mass is 294 g/mol. The highest BCUT2D eigenvalue weighted by atomic mass is 35.5. The summed E-state index contributed by atoms with van der Waals surface area (Å²) in [7, 11) is 0. The third-order valence-corrected chi connectivity index (χ3v) is 4.76. The molecule has 1 aliphatic heterocycles. The van der Waals surface area contributed by atoms with Crippen LogP contribution in [0, 0.1) is 12.8 Å². The average Bonchev–Trinajstić information content (AvgIpc) is 2.55. The van der Waals surface area contributed by atoms with E-state index in [0.29, 0.717) is 18.0 Å². The third-order valence-electron chi connectivity index (χ3n) is 4.41. The van der Waals surface area contributed by atoms with Gasteiger partial charge < -0.3 is 5.32 Å². The van der Waals surface area contributed by atoms with Crippen LogP contribution in [0.4, 0.5) is 0 Å². The Hall–Kier alpha value is -0.570. The first-order valence-corrected chi connectivity index (χ1v) is 8.07. The van der Waals surface area contributed by atoms with Crippen LogP contribution in [0.3, 0.4) is 0 Å². The molecular formula is C17H27ClN2. The number of halogens is 1. The number of hydrogen-bond donors (Lipinski definition) is 1. The van der Waals surface area contributed by atoms with Crippen molar-refractivity contribution in [1.29, 1.82) is 0 Å². The molecular weight excluding hydrogens is 268 g/mol. The van der Waals surface area contributed by atoms with Gasteiger partial charge in [-0.15, -0.1) is 0 Å². The molecule has 1 aromatic rings. The van der Waals surface area contributed by atoms with Crippen LogP contribution in [0.25, 0.3) is 0 Å². The van der Waals surface area contributed by atoms with Crippen LogP contribution in [0.1, 0.15) is 38.3 Å². The van der Waals surface area contributed by atoms with Crippen molar-refractivity contribution in [3.63, 3.8) is 0 Å². The highest BCUT2D eigenvalue weighted by Crippen LogP contribution is 2.22. The number of aryl methyl sites for hydroxylation is 1. The molecule has 3 heteroatoms. The summed E-state index contributed by atoms with van der Waals surface area (Å²) in [5, 5.41) is 4.57. The second-order valence-corrected chi connectivity index (χ2v) is 6.87. The number of nitrogens with zero attached hydrogens (tertiary/aromatic N) is 1. The molecule has 112 valence electrons. The molecule has 2 nitrogen and oxygen atoms in total.